The molecule has 3 nitrogen and oxygen atoms in total. The molecule has 0 saturated carbocycles. The maximum Gasteiger partial charge on any atom is 0.573 e. The zero-order valence-electron chi connectivity index (χ0n) is 7.11. The molecule has 0 fully saturated rings. The SMILES string of the molecule is NCc1c(Cl)ncc(Br)c1OC(F)(F)F. The molecular weight excluding hydrogens is 300 g/mol. The maximum atomic E-state index is 12.0. The van der Waals surface area contributed by atoms with Crippen molar-refractivity contribution < 1.29 is 17.9 Å². The lowest BCUT2D eigenvalue weighted by Gasteiger charge is -2.14. The largest absolute Gasteiger partial charge is 0.573 e. The Bertz CT molecular complexity index is 372. The Balaban J connectivity index is 3.20. The number of nitrogens with zero attached hydrogens (tertiary/aromatic N) is 1. The Labute approximate surface area is 96.5 Å². The van der Waals surface area contributed by atoms with E-state index in [1.165, 1.54) is 0 Å². The van der Waals surface area contributed by atoms with Crippen LogP contribution in [0.25, 0.3) is 0 Å². The summed E-state index contributed by atoms with van der Waals surface area (Å²) >= 11 is 8.44. The van der Waals surface area contributed by atoms with Gasteiger partial charge in [0.2, 0.25) is 0 Å². The zero-order valence-corrected chi connectivity index (χ0v) is 9.45. The van der Waals surface area contributed by atoms with E-state index in [0.29, 0.717) is 0 Å². The Morgan fingerprint density at radius 3 is 2.60 bits per heavy atom. The van der Waals surface area contributed by atoms with Crippen molar-refractivity contribution in [2.45, 2.75) is 12.9 Å². The molecule has 1 rings (SSSR count). The van der Waals surface area contributed by atoms with Crippen molar-refractivity contribution in [2.24, 2.45) is 5.73 Å². The van der Waals surface area contributed by atoms with Crippen LogP contribution in [0.2, 0.25) is 5.15 Å². The molecule has 0 aromatic carbocycles. The van der Waals surface area contributed by atoms with Crippen LogP contribution in [-0.4, -0.2) is 11.3 Å². The summed E-state index contributed by atoms with van der Waals surface area (Å²) in [6, 6.07) is 0. The topological polar surface area (TPSA) is 48.1 Å². The van der Waals surface area contributed by atoms with Crippen LogP contribution in [0, 0.1) is 0 Å². The fourth-order valence-corrected chi connectivity index (χ4v) is 1.53. The van der Waals surface area contributed by atoms with E-state index in [1.54, 1.807) is 0 Å². The lowest BCUT2D eigenvalue weighted by Crippen LogP contribution is -2.19. The molecule has 1 heterocycles. The van der Waals surface area contributed by atoms with Crippen molar-refractivity contribution >= 4 is 27.5 Å². The summed E-state index contributed by atoms with van der Waals surface area (Å²) < 4.78 is 39.9. The van der Waals surface area contributed by atoms with Crippen LogP contribution in [0.5, 0.6) is 5.75 Å². The van der Waals surface area contributed by atoms with Gasteiger partial charge in [-0.05, 0) is 15.9 Å². The number of pyridine rings is 1. The fourth-order valence-electron chi connectivity index (χ4n) is 0.891. The van der Waals surface area contributed by atoms with E-state index in [4.69, 9.17) is 17.3 Å². The summed E-state index contributed by atoms with van der Waals surface area (Å²) in [5.41, 5.74) is 5.25. The molecule has 0 aliphatic heterocycles. The molecule has 0 atom stereocenters. The fraction of sp³-hybridized carbons (Fsp3) is 0.286. The monoisotopic (exact) mass is 304 g/mol. The van der Waals surface area contributed by atoms with Gasteiger partial charge in [-0.2, -0.15) is 0 Å². The van der Waals surface area contributed by atoms with Gasteiger partial charge in [0.15, 0.2) is 5.75 Å². The van der Waals surface area contributed by atoms with Crippen molar-refractivity contribution in [3.63, 3.8) is 0 Å². The number of hydrogen-bond donors (Lipinski definition) is 1. The predicted molar refractivity (Wildman–Crippen MR) is 51.5 cm³/mol. The van der Waals surface area contributed by atoms with Crippen LogP contribution in [0.1, 0.15) is 5.56 Å². The van der Waals surface area contributed by atoms with Gasteiger partial charge in [0, 0.05) is 18.3 Å². The molecule has 0 unspecified atom stereocenters. The Kier molecular flexibility index (Phi) is 3.80. The second kappa shape index (κ2) is 4.54. The summed E-state index contributed by atoms with van der Waals surface area (Å²) in [5, 5.41) is -0.111. The Hall–Kier alpha value is -0.530. The van der Waals surface area contributed by atoms with Gasteiger partial charge in [-0.1, -0.05) is 11.6 Å². The Morgan fingerprint density at radius 2 is 2.13 bits per heavy atom. The molecule has 8 heteroatoms. The van der Waals surface area contributed by atoms with Gasteiger partial charge in [-0.3, -0.25) is 0 Å². The lowest BCUT2D eigenvalue weighted by atomic mass is 10.2. The third-order valence-corrected chi connectivity index (χ3v) is 2.34. The molecule has 0 radical (unpaired) electrons. The molecule has 0 amide bonds. The number of ether oxygens (including phenoxy) is 1. The Morgan fingerprint density at radius 1 is 1.53 bits per heavy atom. The van der Waals surface area contributed by atoms with E-state index in [2.05, 4.69) is 25.7 Å². The van der Waals surface area contributed by atoms with E-state index in [0.717, 1.165) is 6.20 Å². The van der Waals surface area contributed by atoms with Crippen molar-refractivity contribution in [1.82, 2.24) is 4.98 Å². The average molecular weight is 305 g/mol. The number of halogens is 5. The highest BCUT2D eigenvalue weighted by Crippen LogP contribution is 2.35. The summed E-state index contributed by atoms with van der Waals surface area (Å²) in [7, 11) is 0. The third kappa shape index (κ3) is 3.22. The van der Waals surface area contributed by atoms with Gasteiger partial charge in [0.25, 0.3) is 0 Å². The maximum absolute atomic E-state index is 12.0. The number of nitrogens with two attached hydrogens (primary N) is 1. The van der Waals surface area contributed by atoms with Crippen LogP contribution >= 0.6 is 27.5 Å². The van der Waals surface area contributed by atoms with Crippen LogP contribution in [0.15, 0.2) is 10.7 Å². The number of aromatic nitrogens is 1. The van der Waals surface area contributed by atoms with Gasteiger partial charge in [-0.25, -0.2) is 4.98 Å². The average Bonchev–Trinajstić information content (AvgIpc) is 2.10. The van der Waals surface area contributed by atoms with Gasteiger partial charge in [0.1, 0.15) is 5.15 Å². The second-order valence-corrected chi connectivity index (χ2v) is 3.67. The normalized spacial score (nSPS) is 11.6. The highest BCUT2D eigenvalue weighted by atomic mass is 79.9. The molecule has 2 N–H and O–H groups in total. The van der Waals surface area contributed by atoms with Crippen LogP contribution < -0.4 is 10.5 Å². The van der Waals surface area contributed by atoms with Gasteiger partial charge >= 0.3 is 6.36 Å². The van der Waals surface area contributed by atoms with Crippen LogP contribution in [0.3, 0.4) is 0 Å². The second-order valence-electron chi connectivity index (χ2n) is 2.46. The van der Waals surface area contributed by atoms with Crippen LogP contribution in [0.4, 0.5) is 13.2 Å². The van der Waals surface area contributed by atoms with Gasteiger partial charge < -0.3 is 10.5 Å². The summed E-state index contributed by atoms with van der Waals surface area (Å²) in [6.07, 6.45) is -3.68. The molecule has 0 aliphatic rings. The minimum atomic E-state index is -4.79. The van der Waals surface area contributed by atoms with E-state index < -0.39 is 12.1 Å². The molecule has 1 aromatic heterocycles. The first-order valence-corrected chi connectivity index (χ1v) is 4.81. The standard InChI is InChI=1S/C7H5BrClF3N2O/c8-4-2-14-6(9)3(1-13)5(4)15-7(10,11)12/h2H,1,13H2. The predicted octanol–water partition coefficient (Wildman–Crippen LogP) is 2.85. The third-order valence-electron chi connectivity index (χ3n) is 1.45. The first-order chi connectivity index (χ1) is 6.85. The quantitative estimate of drug-likeness (QED) is 0.855. The lowest BCUT2D eigenvalue weighted by molar-refractivity contribution is -0.275. The van der Waals surface area contributed by atoms with Gasteiger partial charge in [-0.15, -0.1) is 13.2 Å². The summed E-state index contributed by atoms with van der Waals surface area (Å²) in [6.45, 7) is -0.198. The molecular formula is C7H5BrClF3N2O. The first-order valence-electron chi connectivity index (χ1n) is 3.64. The number of rotatable bonds is 2. The summed E-state index contributed by atoms with van der Waals surface area (Å²) in [4.78, 5) is 3.63. The minimum absolute atomic E-state index is 0.00312. The molecule has 0 saturated heterocycles. The first kappa shape index (κ1) is 12.5. The molecule has 84 valence electrons. The molecule has 0 bridgehead atoms. The zero-order chi connectivity index (χ0) is 11.6. The van der Waals surface area contributed by atoms with E-state index >= 15 is 0 Å². The van der Waals surface area contributed by atoms with Crippen LogP contribution in [-0.2, 0) is 6.54 Å². The smallest absolute Gasteiger partial charge is 0.404 e. The number of hydrogen-bond acceptors (Lipinski definition) is 3. The molecule has 15 heavy (non-hydrogen) atoms. The van der Waals surface area contributed by atoms with Crippen molar-refractivity contribution in [1.29, 1.82) is 0 Å². The van der Waals surface area contributed by atoms with E-state index in [9.17, 15) is 13.2 Å². The highest BCUT2D eigenvalue weighted by Gasteiger charge is 2.33. The summed E-state index contributed by atoms with van der Waals surface area (Å²) in [5.74, 6) is -0.454. The van der Waals surface area contributed by atoms with E-state index in [1.807, 2.05) is 0 Å². The van der Waals surface area contributed by atoms with Crippen molar-refractivity contribution in [3.05, 3.63) is 21.4 Å². The van der Waals surface area contributed by atoms with Crippen molar-refractivity contribution in [3.8, 4) is 5.75 Å². The molecule has 0 spiro atoms. The van der Waals surface area contributed by atoms with Gasteiger partial charge in [0.05, 0.1) is 4.47 Å². The number of alkyl halides is 3. The van der Waals surface area contributed by atoms with E-state index in [-0.39, 0.29) is 21.7 Å². The minimum Gasteiger partial charge on any atom is -0.404 e. The molecule has 1 aromatic rings. The highest BCUT2D eigenvalue weighted by molar-refractivity contribution is 9.10. The van der Waals surface area contributed by atoms with Crippen molar-refractivity contribution in [2.75, 3.05) is 0 Å². The molecule has 0 aliphatic carbocycles.